The summed E-state index contributed by atoms with van der Waals surface area (Å²) in [4.78, 5) is 15.5. The number of aromatic nitrogens is 1. The molecule has 0 spiro atoms. The second kappa shape index (κ2) is 11.1. The molecule has 0 saturated carbocycles. The first-order valence-electron chi connectivity index (χ1n) is 11.6. The molecule has 0 aliphatic carbocycles. The van der Waals surface area contributed by atoms with Crippen molar-refractivity contribution in [3.8, 4) is 0 Å². The first kappa shape index (κ1) is 22.3. The number of pyridine rings is 1. The van der Waals surface area contributed by atoms with Crippen molar-refractivity contribution in [2.75, 3.05) is 69.2 Å². The van der Waals surface area contributed by atoms with Gasteiger partial charge in [0.15, 0.2) is 17.6 Å². The molecule has 0 bridgehead atoms. The molecular formula is C24H34FN7. The van der Waals surface area contributed by atoms with Gasteiger partial charge < -0.3 is 20.4 Å². The van der Waals surface area contributed by atoms with Crippen molar-refractivity contribution >= 4 is 17.5 Å². The van der Waals surface area contributed by atoms with Gasteiger partial charge in [0, 0.05) is 70.8 Å². The van der Waals surface area contributed by atoms with Gasteiger partial charge in [-0.2, -0.15) is 0 Å². The van der Waals surface area contributed by atoms with E-state index >= 15 is 0 Å². The third-order valence-corrected chi connectivity index (χ3v) is 6.23. The lowest BCUT2D eigenvalue weighted by Gasteiger charge is -2.36. The van der Waals surface area contributed by atoms with Gasteiger partial charge in [0.05, 0.1) is 0 Å². The van der Waals surface area contributed by atoms with Gasteiger partial charge in [-0.15, -0.1) is 0 Å². The molecule has 2 N–H and O–H groups in total. The summed E-state index contributed by atoms with van der Waals surface area (Å²) >= 11 is 0. The van der Waals surface area contributed by atoms with Crippen LogP contribution in [0.3, 0.4) is 0 Å². The van der Waals surface area contributed by atoms with Crippen molar-refractivity contribution in [1.82, 2.24) is 20.5 Å². The van der Waals surface area contributed by atoms with E-state index in [4.69, 9.17) is 0 Å². The van der Waals surface area contributed by atoms with Crippen molar-refractivity contribution < 1.29 is 4.39 Å². The fourth-order valence-corrected chi connectivity index (χ4v) is 4.45. The Bertz CT molecular complexity index is 868. The summed E-state index contributed by atoms with van der Waals surface area (Å²) in [6.07, 6.45) is 3.64. The standard InChI is InChI=1S/C24H34FN7/c1-26-24(29-20-10-14-32(19-20)23-22(25)9-5-11-27-23)28-12-6-13-30-15-17-31(18-16-30)21-7-3-2-4-8-21/h2-5,7-9,11,20H,6,10,12-19H2,1H3,(H2,26,28,29). The summed E-state index contributed by atoms with van der Waals surface area (Å²) in [6.45, 7) is 7.84. The zero-order valence-electron chi connectivity index (χ0n) is 18.9. The van der Waals surface area contributed by atoms with E-state index in [0.29, 0.717) is 5.82 Å². The third kappa shape index (κ3) is 5.88. The topological polar surface area (TPSA) is 59.0 Å². The molecule has 2 aliphatic heterocycles. The first-order chi connectivity index (χ1) is 15.7. The minimum Gasteiger partial charge on any atom is -0.369 e. The molecule has 8 heteroatoms. The van der Waals surface area contributed by atoms with Crippen LogP contribution in [-0.4, -0.2) is 81.3 Å². The van der Waals surface area contributed by atoms with Crippen molar-refractivity contribution in [2.45, 2.75) is 18.9 Å². The summed E-state index contributed by atoms with van der Waals surface area (Å²) in [5, 5.41) is 6.90. The van der Waals surface area contributed by atoms with Crippen LogP contribution in [-0.2, 0) is 0 Å². The number of piperazine rings is 1. The molecule has 32 heavy (non-hydrogen) atoms. The Morgan fingerprint density at radius 3 is 2.62 bits per heavy atom. The lowest BCUT2D eigenvalue weighted by atomic mass is 10.2. The van der Waals surface area contributed by atoms with Crippen LogP contribution in [0.5, 0.6) is 0 Å². The van der Waals surface area contributed by atoms with Gasteiger partial charge in [-0.1, -0.05) is 18.2 Å². The van der Waals surface area contributed by atoms with Crippen molar-refractivity contribution in [2.24, 2.45) is 4.99 Å². The van der Waals surface area contributed by atoms with E-state index in [2.05, 4.69) is 60.7 Å². The predicted molar refractivity (Wildman–Crippen MR) is 129 cm³/mol. The van der Waals surface area contributed by atoms with Crippen LogP contribution in [0.25, 0.3) is 0 Å². The van der Waals surface area contributed by atoms with Crippen LogP contribution in [0.1, 0.15) is 12.8 Å². The number of aliphatic imine (C=N–C) groups is 1. The number of nitrogens with one attached hydrogen (secondary N) is 2. The monoisotopic (exact) mass is 439 g/mol. The number of hydrogen-bond donors (Lipinski definition) is 2. The molecule has 2 saturated heterocycles. The molecule has 1 unspecified atom stereocenters. The molecule has 0 radical (unpaired) electrons. The van der Waals surface area contributed by atoms with Crippen LogP contribution < -0.4 is 20.4 Å². The Labute approximate surface area is 190 Å². The third-order valence-electron chi connectivity index (χ3n) is 6.23. The minimum absolute atomic E-state index is 0.230. The summed E-state index contributed by atoms with van der Waals surface area (Å²) in [6, 6.07) is 14.0. The normalized spacial score (nSPS) is 19.9. The molecule has 4 rings (SSSR count). The molecule has 2 fully saturated rings. The van der Waals surface area contributed by atoms with Crippen molar-refractivity contribution in [3.63, 3.8) is 0 Å². The summed E-state index contributed by atoms with van der Waals surface area (Å²) in [7, 11) is 1.79. The van der Waals surface area contributed by atoms with Gasteiger partial charge in [-0.3, -0.25) is 9.89 Å². The van der Waals surface area contributed by atoms with E-state index in [1.165, 1.54) is 11.8 Å². The average molecular weight is 440 g/mol. The molecule has 3 heterocycles. The lowest BCUT2D eigenvalue weighted by molar-refractivity contribution is 0.255. The predicted octanol–water partition coefficient (Wildman–Crippen LogP) is 2.18. The highest BCUT2D eigenvalue weighted by Gasteiger charge is 2.26. The van der Waals surface area contributed by atoms with E-state index in [-0.39, 0.29) is 11.9 Å². The molecule has 1 aromatic heterocycles. The van der Waals surface area contributed by atoms with E-state index in [1.807, 2.05) is 4.90 Å². The van der Waals surface area contributed by atoms with Gasteiger partial charge >= 0.3 is 0 Å². The maximum atomic E-state index is 14.0. The smallest absolute Gasteiger partial charge is 0.191 e. The lowest BCUT2D eigenvalue weighted by Crippen LogP contribution is -2.48. The van der Waals surface area contributed by atoms with E-state index in [9.17, 15) is 4.39 Å². The average Bonchev–Trinajstić information content (AvgIpc) is 3.30. The molecule has 0 amide bonds. The number of halogens is 1. The number of benzene rings is 1. The Morgan fingerprint density at radius 2 is 1.88 bits per heavy atom. The van der Waals surface area contributed by atoms with Crippen LogP contribution in [0, 0.1) is 5.82 Å². The molecule has 1 aromatic carbocycles. The number of guanidine groups is 1. The molecular weight excluding hydrogens is 405 g/mol. The summed E-state index contributed by atoms with van der Waals surface area (Å²) in [5.41, 5.74) is 1.32. The second-order valence-corrected chi connectivity index (χ2v) is 8.40. The largest absolute Gasteiger partial charge is 0.369 e. The fraction of sp³-hybridized carbons (Fsp3) is 0.500. The zero-order valence-corrected chi connectivity index (χ0v) is 18.9. The second-order valence-electron chi connectivity index (χ2n) is 8.40. The van der Waals surface area contributed by atoms with Crippen LogP contribution in [0.15, 0.2) is 53.7 Å². The van der Waals surface area contributed by atoms with Gasteiger partial charge in [0.1, 0.15) is 0 Å². The highest BCUT2D eigenvalue weighted by molar-refractivity contribution is 5.80. The first-order valence-corrected chi connectivity index (χ1v) is 11.6. The maximum absolute atomic E-state index is 14.0. The highest BCUT2D eigenvalue weighted by atomic mass is 19.1. The van der Waals surface area contributed by atoms with E-state index in [0.717, 1.165) is 71.2 Å². The number of rotatable bonds is 7. The summed E-state index contributed by atoms with van der Waals surface area (Å²) < 4.78 is 14.0. The Hall–Kier alpha value is -2.87. The Morgan fingerprint density at radius 1 is 1.06 bits per heavy atom. The van der Waals surface area contributed by atoms with Crippen LogP contribution in [0.4, 0.5) is 15.9 Å². The van der Waals surface area contributed by atoms with Crippen LogP contribution in [0.2, 0.25) is 0 Å². The summed E-state index contributed by atoms with van der Waals surface area (Å²) in [5.74, 6) is 0.986. The van der Waals surface area contributed by atoms with E-state index < -0.39 is 0 Å². The minimum atomic E-state index is -0.264. The van der Waals surface area contributed by atoms with Crippen molar-refractivity contribution in [3.05, 3.63) is 54.5 Å². The number of anilines is 2. The Kier molecular flexibility index (Phi) is 7.77. The zero-order chi connectivity index (χ0) is 22.2. The SMILES string of the molecule is CN=C(NCCCN1CCN(c2ccccc2)CC1)NC1CCN(c2ncccc2F)C1. The Balaban J connectivity index is 1.13. The maximum Gasteiger partial charge on any atom is 0.191 e. The van der Waals surface area contributed by atoms with Gasteiger partial charge in [-0.25, -0.2) is 9.37 Å². The molecule has 7 nitrogen and oxygen atoms in total. The number of hydrogen-bond acceptors (Lipinski definition) is 5. The van der Waals surface area contributed by atoms with Crippen LogP contribution >= 0.6 is 0 Å². The van der Waals surface area contributed by atoms with Gasteiger partial charge in [-0.05, 0) is 43.7 Å². The molecule has 172 valence electrons. The molecule has 2 aliphatic rings. The van der Waals surface area contributed by atoms with Gasteiger partial charge in [0.25, 0.3) is 0 Å². The van der Waals surface area contributed by atoms with Crippen molar-refractivity contribution in [1.29, 1.82) is 0 Å². The van der Waals surface area contributed by atoms with Gasteiger partial charge in [0.2, 0.25) is 0 Å². The molecule has 2 aromatic rings. The number of nitrogens with zero attached hydrogens (tertiary/aromatic N) is 5. The highest BCUT2D eigenvalue weighted by Crippen LogP contribution is 2.20. The van der Waals surface area contributed by atoms with E-state index in [1.54, 1.807) is 19.3 Å². The number of para-hydroxylation sites is 1. The molecule has 1 atom stereocenters. The quantitative estimate of drug-likeness (QED) is 0.392. The fourth-order valence-electron chi connectivity index (χ4n) is 4.45.